The number of amides is 1. The van der Waals surface area contributed by atoms with E-state index in [0.717, 1.165) is 12.8 Å². The predicted octanol–water partition coefficient (Wildman–Crippen LogP) is 2.39. The molecule has 23 heavy (non-hydrogen) atoms. The van der Waals surface area contributed by atoms with Crippen LogP contribution in [0.5, 0.6) is 0 Å². The van der Waals surface area contributed by atoms with Crippen molar-refractivity contribution in [3.8, 4) is 5.69 Å². The highest BCUT2D eigenvalue weighted by atomic mass is 19.1. The van der Waals surface area contributed by atoms with Crippen molar-refractivity contribution >= 4 is 5.91 Å². The Morgan fingerprint density at radius 3 is 3.00 bits per heavy atom. The van der Waals surface area contributed by atoms with E-state index in [-0.39, 0.29) is 11.9 Å². The van der Waals surface area contributed by atoms with E-state index < -0.39 is 11.9 Å². The zero-order chi connectivity index (χ0) is 16.4. The van der Waals surface area contributed by atoms with Crippen LogP contribution in [-0.4, -0.2) is 44.4 Å². The number of carbonyl (C=O) groups excluding carboxylic acids is 1. The number of hydrogen-bond acceptors (Lipinski definition) is 3. The Morgan fingerprint density at radius 1 is 1.52 bits per heavy atom. The quantitative estimate of drug-likeness (QED) is 0.942. The van der Waals surface area contributed by atoms with Gasteiger partial charge in [0.05, 0.1) is 6.10 Å². The molecule has 0 radical (unpaired) electrons. The molecule has 1 N–H and O–H groups in total. The van der Waals surface area contributed by atoms with Crippen molar-refractivity contribution in [1.82, 2.24) is 14.7 Å². The van der Waals surface area contributed by atoms with Gasteiger partial charge in [-0.1, -0.05) is 0 Å². The molecule has 1 aromatic heterocycles. The first-order valence-corrected chi connectivity index (χ1v) is 7.85. The minimum absolute atomic E-state index is 0.0244. The molecule has 1 amide bonds. The lowest BCUT2D eigenvalue weighted by atomic mass is 10.1. The fourth-order valence-corrected chi connectivity index (χ4v) is 3.14. The number of carbonyl (C=O) groups is 1. The molecule has 0 bridgehead atoms. The molecule has 6 heteroatoms. The van der Waals surface area contributed by atoms with Gasteiger partial charge in [-0.2, -0.15) is 5.10 Å². The summed E-state index contributed by atoms with van der Waals surface area (Å²) in [7, 11) is 0. The number of rotatable bonds is 4. The summed E-state index contributed by atoms with van der Waals surface area (Å²) >= 11 is 0. The van der Waals surface area contributed by atoms with Gasteiger partial charge in [0.25, 0.3) is 5.91 Å². The topological polar surface area (TPSA) is 58.4 Å². The normalized spacial score (nSPS) is 19.1. The molecule has 1 saturated heterocycles. The SMILES string of the molecule is CC(O)CC1CCCN1C(=O)c1ccc(-n2cccn2)c(F)c1. The second-order valence-corrected chi connectivity index (χ2v) is 6.00. The highest BCUT2D eigenvalue weighted by molar-refractivity contribution is 5.94. The third-order valence-electron chi connectivity index (χ3n) is 4.20. The average molecular weight is 317 g/mol. The molecule has 5 nitrogen and oxygen atoms in total. The third-order valence-corrected chi connectivity index (χ3v) is 4.20. The first-order valence-electron chi connectivity index (χ1n) is 7.85. The van der Waals surface area contributed by atoms with Gasteiger partial charge in [0.1, 0.15) is 11.5 Å². The van der Waals surface area contributed by atoms with Crippen molar-refractivity contribution in [1.29, 1.82) is 0 Å². The average Bonchev–Trinajstić information content (AvgIpc) is 3.17. The van der Waals surface area contributed by atoms with Crippen LogP contribution < -0.4 is 0 Å². The highest BCUT2D eigenvalue weighted by Crippen LogP contribution is 2.24. The zero-order valence-electron chi connectivity index (χ0n) is 13.0. The second-order valence-electron chi connectivity index (χ2n) is 6.00. The summed E-state index contributed by atoms with van der Waals surface area (Å²) in [6.07, 6.45) is 5.12. The van der Waals surface area contributed by atoms with Crippen LogP contribution in [0.25, 0.3) is 5.69 Å². The highest BCUT2D eigenvalue weighted by Gasteiger charge is 2.30. The van der Waals surface area contributed by atoms with Gasteiger partial charge >= 0.3 is 0 Å². The van der Waals surface area contributed by atoms with Gasteiger partial charge in [0.15, 0.2) is 0 Å². The van der Waals surface area contributed by atoms with Crippen molar-refractivity contribution in [3.63, 3.8) is 0 Å². The maximum atomic E-state index is 14.3. The number of likely N-dealkylation sites (tertiary alicyclic amines) is 1. The monoisotopic (exact) mass is 317 g/mol. The molecular weight excluding hydrogens is 297 g/mol. The van der Waals surface area contributed by atoms with E-state index in [1.807, 2.05) is 0 Å². The Bertz CT molecular complexity index is 685. The number of aliphatic hydroxyl groups excluding tert-OH is 1. The van der Waals surface area contributed by atoms with E-state index in [0.29, 0.717) is 24.2 Å². The smallest absolute Gasteiger partial charge is 0.254 e. The van der Waals surface area contributed by atoms with Gasteiger partial charge in [-0.15, -0.1) is 0 Å². The fraction of sp³-hybridized carbons (Fsp3) is 0.412. The lowest BCUT2D eigenvalue weighted by molar-refractivity contribution is 0.0681. The zero-order valence-corrected chi connectivity index (χ0v) is 13.0. The Balaban J connectivity index is 1.81. The summed E-state index contributed by atoms with van der Waals surface area (Å²) in [5.41, 5.74) is 0.643. The maximum absolute atomic E-state index is 14.3. The van der Waals surface area contributed by atoms with E-state index >= 15 is 0 Å². The summed E-state index contributed by atoms with van der Waals surface area (Å²) in [4.78, 5) is 14.4. The first kappa shape index (κ1) is 15.7. The molecule has 2 unspecified atom stereocenters. The van der Waals surface area contributed by atoms with E-state index in [4.69, 9.17) is 0 Å². The van der Waals surface area contributed by atoms with E-state index in [9.17, 15) is 14.3 Å². The van der Waals surface area contributed by atoms with Crippen LogP contribution in [0.1, 0.15) is 36.5 Å². The van der Waals surface area contributed by atoms with E-state index in [2.05, 4.69) is 5.10 Å². The lowest BCUT2D eigenvalue weighted by Crippen LogP contribution is -2.37. The van der Waals surface area contributed by atoms with E-state index in [1.54, 1.807) is 42.4 Å². The van der Waals surface area contributed by atoms with Gasteiger partial charge in [-0.25, -0.2) is 9.07 Å². The minimum Gasteiger partial charge on any atom is -0.393 e. The van der Waals surface area contributed by atoms with Gasteiger partial charge in [-0.3, -0.25) is 4.79 Å². The molecule has 122 valence electrons. The summed E-state index contributed by atoms with van der Waals surface area (Å²) in [5, 5.41) is 13.6. The molecule has 3 rings (SSSR count). The van der Waals surface area contributed by atoms with Gasteiger partial charge < -0.3 is 10.0 Å². The van der Waals surface area contributed by atoms with E-state index in [1.165, 1.54) is 10.7 Å². The molecule has 1 fully saturated rings. The molecule has 1 aromatic carbocycles. The molecule has 2 aromatic rings. The van der Waals surface area contributed by atoms with Gasteiger partial charge in [0, 0.05) is 30.5 Å². The number of aliphatic hydroxyl groups is 1. The molecule has 0 saturated carbocycles. The van der Waals surface area contributed by atoms with Crippen molar-refractivity contribution in [3.05, 3.63) is 48.0 Å². The van der Waals surface area contributed by atoms with Crippen LogP contribution in [0.2, 0.25) is 0 Å². The first-order chi connectivity index (χ1) is 11.1. The molecular formula is C17H20FN3O2. The number of aromatic nitrogens is 2. The summed E-state index contributed by atoms with van der Waals surface area (Å²) in [5.74, 6) is -0.662. The predicted molar refractivity (Wildman–Crippen MR) is 83.9 cm³/mol. The van der Waals surface area contributed by atoms with Crippen LogP contribution in [0.3, 0.4) is 0 Å². The van der Waals surface area contributed by atoms with Crippen LogP contribution >= 0.6 is 0 Å². The van der Waals surface area contributed by atoms with Crippen molar-refractivity contribution in [2.45, 2.75) is 38.3 Å². The van der Waals surface area contributed by atoms with Crippen molar-refractivity contribution < 1.29 is 14.3 Å². The van der Waals surface area contributed by atoms with Crippen molar-refractivity contribution in [2.75, 3.05) is 6.54 Å². The third kappa shape index (κ3) is 3.27. The number of hydrogen-bond donors (Lipinski definition) is 1. The number of nitrogens with zero attached hydrogens (tertiary/aromatic N) is 3. The van der Waals surface area contributed by atoms with Gasteiger partial charge in [-0.05, 0) is 50.5 Å². The maximum Gasteiger partial charge on any atom is 0.254 e. The summed E-state index contributed by atoms with van der Waals surface area (Å²) in [6, 6.07) is 6.19. The minimum atomic E-state index is -0.481. The van der Waals surface area contributed by atoms with Crippen LogP contribution in [-0.2, 0) is 0 Å². The largest absolute Gasteiger partial charge is 0.393 e. The van der Waals surface area contributed by atoms with Crippen LogP contribution in [0.15, 0.2) is 36.7 Å². The summed E-state index contributed by atoms with van der Waals surface area (Å²) < 4.78 is 15.7. The van der Waals surface area contributed by atoms with Gasteiger partial charge in [0.2, 0.25) is 0 Å². The standard InChI is InChI=1S/C17H20FN3O2/c1-12(22)10-14-4-2-8-20(14)17(23)13-5-6-16(15(18)11-13)21-9-3-7-19-21/h3,5-7,9,11-12,14,22H,2,4,8,10H2,1H3. The Hall–Kier alpha value is -2.21. The van der Waals surface area contributed by atoms with Crippen LogP contribution in [0, 0.1) is 5.82 Å². The number of benzene rings is 1. The Morgan fingerprint density at radius 2 is 2.35 bits per heavy atom. The summed E-state index contributed by atoms with van der Waals surface area (Å²) in [6.45, 7) is 2.37. The fourth-order valence-electron chi connectivity index (χ4n) is 3.14. The molecule has 1 aliphatic heterocycles. The second kappa shape index (κ2) is 6.50. The lowest BCUT2D eigenvalue weighted by Gasteiger charge is -2.26. The number of halogens is 1. The van der Waals surface area contributed by atoms with Crippen molar-refractivity contribution in [2.24, 2.45) is 0 Å². The molecule has 2 atom stereocenters. The Kier molecular flexibility index (Phi) is 4.43. The Labute approximate surface area is 134 Å². The molecule has 0 spiro atoms. The molecule has 2 heterocycles. The molecule has 1 aliphatic rings. The molecule has 0 aliphatic carbocycles. The van der Waals surface area contributed by atoms with Crippen LogP contribution in [0.4, 0.5) is 4.39 Å².